The highest BCUT2D eigenvalue weighted by molar-refractivity contribution is 5.95. The number of carboxylic acid groups (broad SMARTS) is 1. The molecule has 27 heavy (non-hydrogen) atoms. The smallest absolute Gasteiger partial charge is 0.335 e. The number of rotatable bonds is 6. The fourth-order valence-corrected chi connectivity index (χ4v) is 3.28. The molecule has 0 bridgehead atoms. The first kappa shape index (κ1) is 18.9. The van der Waals surface area contributed by atoms with Gasteiger partial charge in [0.2, 0.25) is 0 Å². The summed E-state index contributed by atoms with van der Waals surface area (Å²) in [7, 11) is 0. The molecule has 0 unspecified atom stereocenters. The standard InChI is InChI=1S/C21H24N2O4/c24-14-15-7-9-23(10-8-15)20(25)17-4-2-6-19(12-17)22-13-16-3-1-5-18(11-16)21(26)27/h1-6,11-12,15,22,24H,7-10,13-14H2,(H,26,27). The number of hydrogen-bond donors (Lipinski definition) is 3. The van der Waals surface area contributed by atoms with E-state index in [0.29, 0.717) is 31.1 Å². The van der Waals surface area contributed by atoms with Crippen LogP contribution in [-0.2, 0) is 6.54 Å². The molecule has 0 atom stereocenters. The van der Waals surface area contributed by atoms with Gasteiger partial charge in [0.15, 0.2) is 0 Å². The van der Waals surface area contributed by atoms with Crippen LogP contribution in [-0.4, -0.2) is 46.7 Å². The third-order valence-corrected chi connectivity index (χ3v) is 4.94. The van der Waals surface area contributed by atoms with Crippen molar-refractivity contribution in [3.05, 3.63) is 65.2 Å². The molecule has 0 aromatic heterocycles. The molecule has 0 aliphatic carbocycles. The maximum atomic E-state index is 12.7. The largest absolute Gasteiger partial charge is 0.478 e. The molecule has 142 valence electrons. The Kier molecular flexibility index (Phi) is 6.08. The lowest BCUT2D eigenvalue weighted by Gasteiger charge is -2.31. The van der Waals surface area contributed by atoms with Crippen molar-refractivity contribution in [1.29, 1.82) is 0 Å². The van der Waals surface area contributed by atoms with Gasteiger partial charge in [0.1, 0.15) is 0 Å². The number of aliphatic hydroxyl groups is 1. The Morgan fingerprint density at radius 1 is 1.04 bits per heavy atom. The maximum absolute atomic E-state index is 12.7. The van der Waals surface area contributed by atoms with E-state index in [0.717, 1.165) is 24.1 Å². The van der Waals surface area contributed by atoms with E-state index in [2.05, 4.69) is 5.32 Å². The summed E-state index contributed by atoms with van der Waals surface area (Å²) in [5.41, 5.74) is 2.55. The van der Waals surface area contributed by atoms with Crippen LogP contribution in [0.3, 0.4) is 0 Å². The first-order valence-corrected chi connectivity index (χ1v) is 9.13. The van der Waals surface area contributed by atoms with E-state index in [1.54, 1.807) is 24.3 Å². The average Bonchev–Trinajstić information content (AvgIpc) is 2.72. The molecule has 1 amide bonds. The van der Waals surface area contributed by atoms with Crippen LogP contribution in [0.2, 0.25) is 0 Å². The van der Waals surface area contributed by atoms with Crippen molar-refractivity contribution < 1.29 is 19.8 Å². The Hall–Kier alpha value is -2.86. The Balaban J connectivity index is 1.63. The normalized spacial score (nSPS) is 14.8. The molecule has 0 radical (unpaired) electrons. The van der Waals surface area contributed by atoms with Gasteiger partial charge in [-0.15, -0.1) is 0 Å². The predicted molar refractivity (Wildman–Crippen MR) is 103 cm³/mol. The van der Waals surface area contributed by atoms with Crippen LogP contribution in [0.1, 0.15) is 39.1 Å². The number of nitrogens with zero attached hydrogens (tertiary/aromatic N) is 1. The molecule has 1 heterocycles. The third kappa shape index (κ3) is 4.86. The number of likely N-dealkylation sites (tertiary alicyclic amines) is 1. The molecule has 2 aromatic carbocycles. The minimum atomic E-state index is -0.950. The van der Waals surface area contributed by atoms with Crippen molar-refractivity contribution in [2.45, 2.75) is 19.4 Å². The van der Waals surface area contributed by atoms with Crippen LogP contribution >= 0.6 is 0 Å². The Morgan fingerprint density at radius 3 is 2.44 bits per heavy atom. The van der Waals surface area contributed by atoms with E-state index in [1.807, 2.05) is 29.2 Å². The Morgan fingerprint density at radius 2 is 1.74 bits per heavy atom. The number of anilines is 1. The number of carbonyl (C=O) groups excluding carboxylic acids is 1. The summed E-state index contributed by atoms with van der Waals surface area (Å²) < 4.78 is 0. The van der Waals surface area contributed by atoms with Crippen LogP contribution in [0.15, 0.2) is 48.5 Å². The Bertz CT molecular complexity index is 813. The highest BCUT2D eigenvalue weighted by Crippen LogP contribution is 2.20. The maximum Gasteiger partial charge on any atom is 0.335 e. The van der Waals surface area contributed by atoms with Gasteiger partial charge >= 0.3 is 5.97 Å². The molecule has 2 aromatic rings. The van der Waals surface area contributed by atoms with Gasteiger partial charge in [0.05, 0.1) is 5.56 Å². The highest BCUT2D eigenvalue weighted by atomic mass is 16.4. The lowest BCUT2D eigenvalue weighted by Crippen LogP contribution is -2.39. The minimum absolute atomic E-state index is 0.00270. The van der Waals surface area contributed by atoms with Crippen molar-refractivity contribution in [3.8, 4) is 0 Å². The predicted octanol–water partition coefficient (Wildman–Crippen LogP) is 2.84. The first-order chi connectivity index (χ1) is 13.1. The quantitative estimate of drug-likeness (QED) is 0.729. The minimum Gasteiger partial charge on any atom is -0.478 e. The van der Waals surface area contributed by atoms with Crippen LogP contribution in [0.4, 0.5) is 5.69 Å². The van der Waals surface area contributed by atoms with Gasteiger partial charge < -0.3 is 20.4 Å². The molecule has 6 heteroatoms. The summed E-state index contributed by atoms with van der Waals surface area (Å²) >= 11 is 0. The third-order valence-electron chi connectivity index (χ3n) is 4.94. The van der Waals surface area contributed by atoms with Crippen LogP contribution in [0.25, 0.3) is 0 Å². The number of benzene rings is 2. The zero-order valence-corrected chi connectivity index (χ0v) is 15.1. The van der Waals surface area contributed by atoms with Crippen molar-refractivity contribution in [1.82, 2.24) is 4.90 Å². The lowest BCUT2D eigenvalue weighted by molar-refractivity contribution is 0.0649. The van der Waals surface area contributed by atoms with Gasteiger partial charge in [-0.25, -0.2) is 4.79 Å². The van der Waals surface area contributed by atoms with E-state index in [9.17, 15) is 14.7 Å². The van der Waals surface area contributed by atoms with E-state index < -0.39 is 5.97 Å². The fourth-order valence-electron chi connectivity index (χ4n) is 3.28. The Labute approximate surface area is 158 Å². The van der Waals surface area contributed by atoms with Gasteiger partial charge in [0, 0.05) is 37.5 Å². The number of carboxylic acids is 1. The molecule has 0 saturated carbocycles. The zero-order chi connectivity index (χ0) is 19.2. The SMILES string of the molecule is O=C(O)c1cccc(CNc2cccc(C(=O)N3CCC(CO)CC3)c2)c1. The van der Waals surface area contributed by atoms with E-state index in [4.69, 9.17) is 5.11 Å². The van der Waals surface area contributed by atoms with Gasteiger partial charge in [-0.05, 0) is 54.7 Å². The molecule has 1 saturated heterocycles. The molecule has 1 aliphatic heterocycles. The van der Waals surface area contributed by atoms with Gasteiger partial charge in [-0.2, -0.15) is 0 Å². The molecule has 0 spiro atoms. The second kappa shape index (κ2) is 8.68. The molecule has 1 fully saturated rings. The summed E-state index contributed by atoms with van der Waals surface area (Å²) in [6.07, 6.45) is 1.67. The van der Waals surface area contributed by atoms with Crippen molar-refractivity contribution in [3.63, 3.8) is 0 Å². The monoisotopic (exact) mass is 368 g/mol. The number of nitrogens with one attached hydrogen (secondary N) is 1. The second-order valence-electron chi connectivity index (χ2n) is 6.86. The van der Waals surface area contributed by atoms with Crippen LogP contribution in [0, 0.1) is 5.92 Å². The molecular formula is C21H24N2O4. The molecule has 1 aliphatic rings. The highest BCUT2D eigenvalue weighted by Gasteiger charge is 2.23. The summed E-state index contributed by atoms with van der Waals surface area (Å²) in [6.45, 7) is 2.00. The number of amides is 1. The van der Waals surface area contributed by atoms with E-state index >= 15 is 0 Å². The lowest BCUT2D eigenvalue weighted by atomic mass is 9.97. The summed E-state index contributed by atoms with van der Waals surface area (Å²) in [5.74, 6) is -0.652. The number of aromatic carboxylic acids is 1. The van der Waals surface area contributed by atoms with Gasteiger partial charge in [-0.1, -0.05) is 18.2 Å². The number of piperidine rings is 1. The van der Waals surface area contributed by atoms with Crippen molar-refractivity contribution >= 4 is 17.6 Å². The summed E-state index contributed by atoms with van der Waals surface area (Å²) in [4.78, 5) is 25.6. The van der Waals surface area contributed by atoms with Crippen LogP contribution < -0.4 is 5.32 Å². The first-order valence-electron chi connectivity index (χ1n) is 9.13. The molecule has 6 nitrogen and oxygen atoms in total. The number of hydrogen-bond acceptors (Lipinski definition) is 4. The fraction of sp³-hybridized carbons (Fsp3) is 0.333. The zero-order valence-electron chi connectivity index (χ0n) is 15.1. The molecule has 3 rings (SSSR count). The summed E-state index contributed by atoms with van der Waals surface area (Å²) in [5, 5.41) is 21.5. The van der Waals surface area contributed by atoms with Crippen LogP contribution in [0.5, 0.6) is 0 Å². The number of aliphatic hydroxyl groups excluding tert-OH is 1. The van der Waals surface area contributed by atoms with Gasteiger partial charge in [-0.3, -0.25) is 4.79 Å². The van der Waals surface area contributed by atoms with E-state index in [-0.39, 0.29) is 18.1 Å². The van der Waals surface area contributed by atoms with Crippen molar-refractivity contribution in [2.24, 2.45) is 5.92 Å². The number of carbonyl (C=O) groups is 2. The molecular weight excluding hydrogens is 344 g/mol. The summed E-state index contributed by atoms with van der Waals surface area (Å²) in [6, 6.07) is 14.1. The van der Waals surface area contributed by atoms with Gasteiger partial charge in [0.25, 0.3) is 5.91 Å². The second-order valence-corrected chi connectivity index (χ2v) is 6.86. The average molecular weight is 368 g/mol. The van der Waals surface area contributed by atoms with E-state index in [1.165, 1.54) is 0 Å². The molecule has 3 N–H and O–H groups in total. The van der Waals surface area contributed by atoms with Crippen molar-refractivity contribution in [2.75, 3.05) is 25.0 Å². The topological polar surface area (TPSA) is 89.9 Å².